The van der Waals surface area contributed by atoms with E-state index in [9.17, 15) is 18.0 Å². The fraction of sp³-hybridized carbons (Fsp3) is 0.917. The smallest absolute Gasteiger partial charge is 0.356 e. The molecule has 0 radical (unpaired) electrons. The van der Waals surface area contributed by atoms with Crippen LogP contribution < -0.4 is 11.1 Å². The van der Waals surface area contributed by atoms with E-state index < -0.39 is 18.0 Å². The van der Waals surface area contributed by atoms with E-state index in [1.165, 1.54) is 0 Å². The summed E-state index contributed by atoms with van der Waals surface area (Å²) in [6.45, 7) is 0.345. The Bertz CT molecular complexity index is 273. The van der Waals surface area contributed by atoms with Crippen molar-refractivity contribution in [3.8, 4) is 0 Å². The fourth-order valence-corrected chi connectivity index (χ4v) is 2.43. The zero-order chi connectivity index (χ0) is 13.6. The van der Waals surface area contributed by atoms with Crippen molar-refractivity contribution >= 4 is 5.91 Å². The summed E-state index contributed by atoms with van der Waals surface area (Å²) in [7, 11) is 0. The second-order valence-corrected chi connectivity index (χ2v) is 5.02. The molecular weight excluding hydrogens is 245 g/mol. The Balaban J connectivity index is 2.34. The maximum Gasteiger partial charge on any atom is 0.389 e. The quantitative estimate of drug-likeness (QED) is 0.750. The zero-order valence-electron chi connectivity index (χ0n) is 10.5. The van der Waals surface area contributed by atoms with Gasteiger partial charge in [0.1, 0.15) is 0 Å². The summed E-state index contributed by atoms with van der Waals surface area (Å²) in [5.41, 5.74) is 5.13. The summed E-state index contributed by atoms with van der Waals surface area (Å²) in [4.78, 5) is 12.0. The van der Waals surface area contributed by atoms with Crippen LogP contribution in [0, 0.1) is 5.41 Å². The number of carbonyl (C=O) groups is 1. The third kappa shape index (κ3) is 4.48. The molecule has 0 bridgehead atoms. The van der Waals surface area contributed by atoms with Gasteiger partial charge in [-0.15, -0.1) is 0 Å². The Kier molecular flexibility index (Phi) is 5.44. The molecule has 0 aromatic rings. The Labute approximate surface area is 105 Å². The first kappa shape index (κ1) is 15.3. The van der Waals surface area contributed by atoms with Crippen molar-refractivity contribution in [1.82, 2.24) is 5.32 Å². The van der Waals surface area contributed by atoms with Crippen LogP contribution in [0.15, 0.2) is 0 Å². The number of rotatable bonds is 5. The number of hydrogen-bond donors (Lipinski definition) is 2. The van der Waals surface area contributed by atoms with Gasteiger partial charge in [-0.2, -0.15) is 13.2 Å². The Morgan fingerprint density at radius 2 is 1.83 bits per heavy atom. The number of nitrogens with one attached hydrogen (secondary N) is 1. The van der Waals surface area contributed by atoms with Gasteiger partial charge in [0.05, 0.1) is 5.41 Å². The molecule has 1 amide bonds. The highest BCUT2D eigenvalue weighted by atomic mass is 19.4. The first-order valence-electron chi connectivity index (χ1n) is 6.45. The molecule has 0 heterocycles. The number of nitrogens with two attached hydrogens (primary N) is 1. The summed E-state index contributed by atoms with van der Waals surface area (Å²) >= 11 is 0. The topological polar surface area (TPSA) is 55.1 Å². The Morgan fingerprint density at radius 1 is 1.22 bits per heavy atom. The number of hydrogen-bond acceptors (Lipinski definition) is 2. The van der Waals surface area contributed by atoms with Crippen LogP contribution in [0.5, 0.6) is 0 Å². The largest absolute Gasteiger partial charge is 0.389 e. The lowest BCUT2D eigenvalue weighted by atomic mass is 9.73. The third-order valence-electron chi connectivity index (χ3n) is 3.61. The van der Waals surface area contributed by atoms with Crippen LogP contribution in [-0.2, 0) is 4.79 Å². The van der Waals surface area contributed by atoms with Gasteiger partial charge >= 0.3 is 6.18 Å². The zero-order valence-corrected chi connectivity index (χ0v) is 10.5. The molecule has 0 spiro atoms. The van der Waals surface area contributed by atoms with Crippen molar-refractivity contribution < 1.29 is 18.0 Å². The highest BCUT2D eigenvalue weighted by Crippen LogP contribution is 2.35. The molecule has 6 heteroatoms. The molecule has 1 fully saturated rings. The van der Waals surface area contributed by atoms with E-state index in [0.29, 0.717) is 0 Å². The van der Waals surface area contributed by atoms with E-state index in [-0.39, 0.29) is 25.4 Å². The van der Waals surface area contributed by atoms with E-state index in [2.05, 4.69) is 5.32 Å². The van der Waals surface area contributed by atoms with E-state index in [1.54, 1.807) is 0 Å². The summed E-state index contributed by atoms with van der Waals surface area (Å²) < 4.78 is 35.8. The van der Waals surface area contributed by atoms with Crippen LogP contribution >= 0.6 is 0 Å². The van der Waals surface area contributed by atoms with Gasteiger partial charge in [-0.1, -0.05) is 19.3 Å². The highest BCUT2D eigenvalue weighted by Gasteiger charge is 2.37. The molecule has 0 aromatic heterocycles. The third-order valence-corrected chi connectivity index (χ3v) is 3.61. The standard InChI is InChI=1S/C12H21F3N2O/c13-12(14,15)7-4-8-17-10(18)11(9-16)5-2-1-3-6-11/h1-9,16H2,(H,17,18). The molecule has 0 aromatic carbocycles. The maximum atomic E-state index is 12.0. The van der Waals surface area contributed by atoms with Gasteiger partial charge < -0.3 is 11.1 Å². The summed E-state index contributed by atoms with van der Waals surface area (Å²) in [6, 6.07) is 0. The van der Waals surface area contributed by atoms with Crippen LogP contribution in [0.4, 0.5) is 13.2 Å². The van der Waals surface area contributed by atoms with Crippen molar-refractivity contribution in [3.05, 3.63) is 0 Å². The second kappa shape index (κ2) is 6.41. The number of carbonyl (C=O) groups excluding carboxylic acids is 1. The molecule has 0 aliphatic heterocycles. The molecule has 1 saturated carbocycles. The summed E-state index contributed by atoms with van der Waals surface area (Å²) in [5, 5.41) is 2.60. The van der Waals surface area contributed by atoms with E-state index in [4.69, 9.17) is 5.73 Å². The molecule has 106 valence electrons. The van der Waals surface area contributed by atoms with Gasteiger partial charge in [0.2, 0.25) is 5.91 Å². The van der Waals surface area contributed by atoms with Gasteiger partial charge in [-0.05, 0) is 19.3 Å². The minimum Gasteiger partial charge on any atom is -0.356 e. The number of alkyl halides is 3. The van der Waals surface area contributed by atoms with E-state index in [0.717, 1.165) is 32.1 Å². The second-order valence-electron chi connectivity index (χ2n) is 5.02. The first-order chi connectivity index (χ1) is 8.40. The maximum absolute atomic E-state index is 12.0. The van der Waals surface area contributed by atoms with Crippen LogP contribution in [0.25, 0.3) is 0 Å². The van der Waals surface area contributed by atoms with Crippen LogP contribution in [0.1, 0.15) is 44.9 Å². The van der Waals surface area contributed by atoms with Gasteiger partial charge in [-0.25, -0.2) is 0 Å². The van der Waals surface area contributed by atoms with Crippen LogP contribution in [0.2, 0.25) is 0 Å². The van der Waals surface area contributed by atoms with Crippen molar-refractivity contribution in [2.24, 2.45) is 11.1 Å². The molecule has 0 unspecified atom stereocenters. The molecule has 18 heavy (non-hydrogen) atoms. The van der Waals surface area contributed by atoms with E-state index >= 15 is 0 Å². The van der Waals surface area contributed by atoms with Crippen LogP contribution in [0.3, 0.4) is 0 Å². The van der Waals surface area contributed by atoms with Crippen molar-refractivity contribution in [2.45, 2.75) is 51.1 Å². The Hall–Kier alpha value is -0.780. The summed E-state index contributed by atoms with van der Waals surface area (Å²) in [5.74, 6) is -0.174. The van der Waals surface area contributed by atoms with E-state index in [1.807, 2.05) is 0 Å². The SMILES string of the molecule is NCC1(C(=O)NCCCC(F)(F)F)CCCCC1. The van der Waals surface area contributed by atoms with Crippen molar-refractivity contribution in [2.75, 3.05) is 13.1 Å². The molecule has 1 aliphatic rings. The highest BCUT2D eigenvalue weighted by molar-refractivity contribution is 5.82. The number of amides is 1. The first-order valence-corrected chi connectivity index (χ1v) is 6.45. The average molecular weight is 266 g/mol. The van der Waals surface area contributed by atoms with Gasteiger partial charge in [0.25, 0.3) is 0 Å². The predicted octanol–water partition coefficient (Wildman–Crippen LogP) is 2.35. The Morgan fingerprint density at radius 3 is 2.33 bits per heavy atom. The number of halogens is 3. The molecule has 3 N–H and O–H groups in total. The predicted molar refractivity (Wildman–Crippen MR) is 62.9 cm³/mol. The van der Waals surface area contributed by atoms with Gasteiger partial charge in [0.15, 0.2) is 0 Å². The molecular formula is C12H21F3N2O. The minimum absolute atomic E-state index is 0.0695. The molecule has 0 saturated heterocycles. The lowest BCUT2D eigenvalue weighted by Gasteiger charge is -2.34. The molecule has 3 nitrogen and oxygen atoms in total. The minimum atomic E-state index is -4.15. The van der Waals surface area contributed by atoms with Crippen molar-refractivity contribution in [1.29, 1.82) is 0 Å². The van der Waals surface area contributed by atoms with Gasteiger partial charge in [-0.3, -0.25) is 4.79 Å². The monoisotopic (exact) mass is 266 g/mol. The lowest BCUT2D eigenvalue weighted by Crippen LogP contribution is -2.47. The van der Waals surface area contributed by atoms with Crippen molar-refractivity contribution in [3.63, 3.8) is 0 Å². The van der Waals surface area contributed by atoms with Crippen LogP contribution in [-0.4, -0.2) is 25.2 Å². The molecule has 1 aliphatic carbocycles. The van der Waals surface area contributed by atoms with Gasteiger partial charge in [0, 0.05) is 19.5 Å². The fourth-order valence-electron chi connectivity index (χ4n) is 2.43. The normalized spacial score (nSPS) is 19.6. The average Bonchev–Trinajstić information content (AvgIpc) is 2.34. The lowest BCUT2D eigenvalue weighted by molar-refractivity contribution is -0.138. The summed E-state index contributed by atoms with van der Waals surface area (Å²) in [6.07, 6.45) is -0.563. The molecule has 0 atom stereocenters. The molecule has 1 rings (SSSR count).